The average Bonchev–Trinajstić information content (AvgIpc) is 2.47. The van der Waals surface area contributed by atoms with Gasteiger partial charge in [-0.25, -0.2) is 9.97 Å². The van der Waals surface area contributed by atoms with Gasteiger partial charge in [0.15, 0.2) is 5.82 Å². The molecule has 5 heteroatoms. The molecule has 2 aliphatic heterocycles. The van der Waals surface area contributed by atoms with E-state index in [0.29, 0.717) is 11.5 Å². The Balaban J connectivity index is 2.54. The molecule has 0 saturated carbocycles. The molecule has 2 heterocycles. The zero-order valence-corrected chi connectivity index (χ0v) is 8.36. The van der Waals surface area contributed by atoms with Crippen molar-refractivity contribution in [3.05, 3.63) is 12.0 Å². The number of nitrogens with zero attached hydrogens (tertiary/aromatic N) is 4. The molecule has 0 saturated heterocycles. The summed E-state index contributed by atoms with van der Waals surface area (Å²) in [7, 11) is 0. The quantitative estimate of drug-likeness (QED) is 0.771. The van der Waals surface area contributed by atoms with Crippen LogP contribution in [0.15, 0.2) is 6.20 Å². The van der Waals surface area contributed by atoms with Crippen LogP contribution >= 0.6 is 0 Å². The number of anilines is 1. The molecule has 0 aromatic carbocycles. The van der Waals surface area contributed by atoms with Crippen LogP contribution in [-0.2, 0) is 6.54 Å². The number of fused-ring (bicyclic) bond motifs is 1. The number of rotatable bonds is 2. The van der Waals surface area contributed by atoms with Gasteiger partial charge in [-0.05, 0) is 13.3 Å². The second-order valence-corrected chi connectivity index (χ2v) is 3.28. The average molecular weight is 191 g/mol. The third-order valence-electron chi connectivity index (χ3n) is 2.00. The maximum absolute atomic E-state index is 5.77. The van der Waals surface area contributed by atoms with E-state index >= 15 is 0 Å². The molecule has 5 nitrogen and oxygen atoms in total. The summed E-state index contributed by atoms with van der Waals surface area (Å²) >= 11 is 0. The fourth-order valence-electron chi connectivity index (χ4n) is 1.45. The summed E-state index contributed by atoms with van der Waals surface area (Å²) in [6.45, 7) is 4.80. The largest absolute Gasteiger partial charge is 0.380 e. The van der Waals surface area contributed by atoms with Gasteiger partial charge in [0.1, 0.15) is 17.2 Å². The Morgan fingerprint density at radius 1 is 1.43 bits per heavy atom. The summed E-state index contributed by atoms with van der Waals surface area (Å²) in [5, 5.41) is 4.20. The topological polar surface area (TPSA) is 69.6 Å². The summed E-state index contributed by atoms with van der Waals surface area (Å²) < 4.78 is 1.81. The molecule has 2 N–H and O–H groups in total. The van der Waals surface area contributed by atoms with Crippen molar-refractivity contribution in [3.8, 4) is 11.4 Å². The van der Waals surface area contributed by atoms with Gasteiger partial charge >= 0.3 is 0 Å². The Hall–Kier alpha value is -1.65. The fraction of sp³-hybridized carbons (Fsp3) is 0.444. The zero-order chi connectivity index (χ0) is 10.1. The van der Waals surface area contributed by atoms with E-state index in [9.17, 15) is 0 Å². The minimum Gasteiger partial charge on any atom is -0.380 e. The molecule has 14 heavy (non-hydrogen) atoms. The first-order valence-electron chi connectivity index (χ1n) is 4.68. The maximum Gasteiger partial charge on any atom is 0.172 e. The van der Waals surface area contributed by atoms with Gasteiger partial charge in [-0.15, -0.1) is 0 Å². The van der Waals surface area contributed by atoms with Crippen molar-refractivity contribution in [3.63, 3.8) is 0 Å². The molecule has 2 aliphatic rings. The number of hydrogen-bond donors (Lipinski definition) is 1. The highest BCUT2D eigenvalue weighted by molar-refractivity contribution is 5.66. The summed E-state index contributed by atoms with van der Waals surface area (Å²) in [6.07, 6.45) is 2.91. The number of hydrogen-bond acceptors (Lipinski definition) is 4. The number of nitrogen functional groups attached to an aromatic ring is 1. The standard InChI is InChI=1S/C9H13N5/c1-3-4-14-5-7-8(9(10)13-14)12-6(2)11-7/h5H,3-4H2,1-2H3,(H2,10,13). The van der Waals surface area contributed by atoms with Crippen molar-refractivity contribution in [1.29, 1.82) is 0 Å². The molecule has 0 bridgehead atoms. The van der Waals surface area contributed by atoms with Gasteiger partial charge in [0.05, 0.1) is 6.20 Å². The smallest absolute Gasteiger partial charge is 0.172 e. The third-order valence-corrected chi connectivity index (χ3v) is 2.00. The van der Waals surface area contributed by atoms with E-state index in [0.717, 1.165) is 24.5 Å². The monoisotopic (exact) mass is 191 g/mol. The summed E-state index contributed by atoms with van der Waals surface area (Å²) in [6, 6.07) is 0. The number of nitrogens with two attached hydrogens (primary N) is 1. The molecule has 0 atom stereocenters. The molecular weight excluding hydrogens is 178 g/mol. The van der Waals surface area contributed by atoms with Crippen LogP contribution in [0.4, 0.5) is 5.82 Å². The zero-order valence-electron chi connectivity index (χ0n) is 8.36. The SMILES string of the molecule is CCCn1cc2nc(C)nc-2c(N)n1. The van der Waals surface area contributed by atoms with Crippen molar-refractivity contribution in [1.82, 2.24) is 19.7 Å². The molecule has 74 valence electrons. The lowest BCUT2D eigenvalue weighted by atomic mass is 10.3. The second kappa shape index (κ2) is 3.25. The van der Waals surface area contributed by atoms with E-state index in [1.54, 1.807) is 0 Å². The normalized spacial score (nSPS) is 11.0. The van der Waals surface area contributed by atoms with E-state index in [4.69, 9.17) is 5.73 Å². The Kier molecular flexibility index (Phi) is 2.07. The molecule has 0 aromatic heterocycles. The van der Waals surface area contributed by atoms with Gasteiger partial charge in [0.25, 0.3) is 0 Å². The minimum absolute atomic E-state index is 0.455. The van der Waals surface area contributed by atoms with Gasteiger partial charge in [-0.1, -0.05) is 6.92 Å². The summed E-state index contributed by atoms with van der Waals surface area (Å²) in [5.74, 6) is 1.19. The van der Waals surface area contributed by atoms with Gasteiger partial charge in [-0.3, -0.25) is 4.68 Å². The second-order valence-electron chi connectivity index (χ2n) is 3.28. The Morgan fingerprint density at radius 3 is 2.93 bits per heavy atom. The van der Waals surface area contributed by atoms with Crippen molar-refractivity contribution >= 4 is 5.82 Å². The minimum atomic E-state index is 0.455. The fourth-order valence-corrected chi connectivity index (χ4v) is 1.45. The highest BCUT2D eigenvalue weighted by Gasteiger charge is 2.13. The van der Waals surface area contributed by atoms with E-state index < -0.39 is 0 Å². The first-order chi connectivity index (χ1) is 6.70. The van der Waals surface area contributed by atoms with Crippen LogP contribution in [0.1, 0.15) is 19.2 Å². The molecule has 0 aliphatic carbocycles. The third kappa shape index (κ3) is 1.41. The molecule has 0 unspecified atom stereocenters. The van der Waals surface area contributed by atoms with E-state index in [-0.39, 0.29) is 0 Å². The van der Waals surface area contributed by atoms with Crippen LogP contribution in [0, 0.1) is 6.92 Å². The first kappa shape index (κ1) is 8.93. The highest BCUT2D eigenvalue weighted by atomic mass is 15.3. The molecule has 0 aromatic rings. The van der Waals surface area contributed by atoms with Crippen LogP contribution in [0.2, 0.25) is 0 Å². The van der Waals surface area contributed by atoms with Crippen LogP contribution in [0.3, 0.4) is 0 Å². The van der Waals surface area contributed by atoms with Gasteiger partial charge in [0, 0.05) is 6.54 Å². The van der Waals surface area contributed by atoms with E-state index in [1.165, 1.54) is 0 Å². The summed E-state index contributed by atoms with van der Waals surface area (Å²) in [4.78, 5) is 8.47. The van der Waals surface area contributed by atoms with E-state index in [2.05, 4.69) is 22.0 Å². The summed E-state index contributed by atoms with van der Waals surface area (Å²) in [5.41, 5.74) is 7.29. The predicted octanol–water partition coefficient (Wildman–Crippen LogP) is 1.08. The Morgan fingerprint density at radius 2 is 2.21 bits per heavy atom. The number of aryl methyl sites for hydroxylation is 2. The Bertz CT molecular complexity index is 420. The van der Waals surface area contributed by atoms with Gasteiger partial charge in [0.2, 0.25) is 0 Å². The van der Waals surface area contributed by atoms with Crippen molar-refractivity contribution < 1.29 is 0 Å². The Labute approximate surface area is 82.3 Å². The number of imidazole rings is 1. The molecule has 2 rings (SSSR count). The van der Waals surface area contributed by atoms with E-state index in [1.807, 2.05) is 17.8 Å². The molecule has 0 spiro atoms. The molecule has 0 fully saturated rings. The lowest BCUT2D eigenvalue weighted by molar-refractivity contribution is 0.591. The maximum atomic E-state index is 5.77. The van der Waals surface area contributed by atoms with Crippen molar-refractivity contribution in [2.24, 2.45) is 0 Å². The van der Waals surface area contributed by atoms with Gasteiger partial charge in [-0.2, -0.15) is 5.10 Å². The van der Waals surface area contributed by atoms with Crippen molar-refractivity contribution in [2.75, 3.05) is 5.73 Å². The van der Waals surface area contributed by atoms with Crippen LogP contribution in [0.5, 0.6) is 0 Å². The van der Waals surface area contributed by atoms with Gasteiger partial charge < -0.3 is 5.73 Å². The molecule has 0 radical (unpaired) electrons. The predicted molar refractivity (Wildman–Crippen MR) is 53.9 cm³/mol. The first-order valence-corrected chi connectivity index (χ1v) is 4.68. The van der Waals surface area contributed by atoms with Crippen molar-refractivity contribution in [2.45, 2.75) is 26.8 Å². The van der Waals surface area contributed by atoms with Crippen LogP contribution < -0.4 is 5.73 Å². The number of aromatic nitrogens is 4. The highest BCUT2D eigenvalue weighted by Crippen LogP contribution is 2.22. The lowest BCUT2D eigenvalue weighted by Gasteiger charge is -2.06. The van der Waals surface area contributed by atoms with Crippen LogP contribution in [0.25, 0.3) is 11.4 Å². The van der Waals surface area contributed by atoms with Crippen LogP contribution in [-0.4, -0.2) is 19.7 Å². The molecular formula is C9H13N5. The molecule has 0 amide bonds. The lowest BCUT2D eigenvalue weighted by Crippen LogP contribution is -2.08.